The van der Waals surface area contributed by atoms with E-state index in [9.17, 15) is 14.4 Å². The third-order valence-electron chi connectivity index (χ3n) is 4.04. The van der Waals surface area contributed by atoms with Crippen molar-refractivity contribution in [3.05, 3.63) is 23.8 Å². The average Bonchev–Trinajstić information content (AvgIpc) is 2.52. The van der Waals surface area contributed by atoms with Gasteiger partial charge in [-0.1, -0.05) is 0 Å². The van der Waals surface area contributed by atoms with Crippen molar-refractivity contribution in [2.24, 2.45) is 0 Å². The standard InChI is InChI=1S/C19H28N4O4/c1-12-10-23(11-13(2)27-12)6-5-20-19(26)16-7-17(21-14(3)24)9-18(8-16)22-15(4)25/h7-9,12-13H,5-6,10-11H2,1-4H3,(H,20,26)(H,21,24)(H,22,25). The van der Waals surface area contributed by atoms with Crippen LogP contribution in [-0.4, -0.2) is 61.0 Å². The number of hydrogen-bond donors (Lipinski definition) is 3. The molecule has 27 heavy (non-hydrogen) atoms. The molecule has 1 aromatic rings. The maximum atomic E-state index is 12.5. The van der Waals surface area contributed by atoms with E-state index in [1.165, 1.54) is 13.8 Å². The van der Waals surface area contributed by atoms with Crippen molar-refractivity contribution < 1.29 is 19.1 Å². The van der Waals surface area contributed by atoms with Crippen LogP contribution in [-0.2, 0) is 14.3 Å². The molecule has 2 unspecified atom stereocenters. The summed E-state index contributed by atoms with van der Waals surface area (Å²) in [5, 5.41) is 8.17. The van der Waals surface area contributed by atoms with E-state index in [2.05, 4.69) is 20.9 Å². The van der Waals surface area contributed by atoms with E-state index >= 15 is 0 Å². The number of carbonyl (C=O) groups excluding carboxylic acids is 3. The highest BCUT2D eigenvalue weighted by molar-refractivity contribution is 5.99. The van der Waals surface area contributed by atoms with E-state index in [1.54, 1.807) is 18.2 Å². The Morgan fingerprint density at radius 2 is 1.52 bits per heavy atom. The molecule has 1 aliphatic rings. The lowest BCUT2D eigenvalue weighted by Crippen LogP contribution is -2.47. The van der Waals surface area contributed by atoms with Crippen molar-refractivity contribution in [1.82, 2.24) is 10.2 Å². The van der Waals surface area contributed by atoms with E-state index in [-0.39, 0.29) is 29.9 Å². The molecular formula is C19H28N4O4. The van der Waals surface area contributed by atoms with Gasteiger partial charge in [-0.15, -0.1) is 0 Å². The van der Waals surface area contributed by atoms with Crippen molar-refractivity contribution in [3.63, 3.8) is 0 Å². The van der Waals surface area contributed by atoms with Crippen LogP contribution in [0.3, 0.4) is 0 Å². The number of amides is 3. The second kappa shape index (κ2) is 9.48. The zero-order valence-electron chi connectivity index (χ0n) is 16.3. The number of nitrogens with zero attached hydrogens (tertiary/aromatic N) is 1. The highest BCUT2D eigenvalue weighted by atomic mass is 16.5. The van der Waals surface area contributed by atoms with Crippen molar-refractivity contribution in [1.29, 1.82) is 0 Å². The number of benzene rings is 1. The van der Waals surface area contributed by atoms with Crippen LogP contribution in [0.15, 0.2) is 18.2 Å². The third kappa shape index (κ3) is 6.99. The van der Waals surface area contributed by atoms with Gasteiger partial charge in [-0.2, -0.15) is 0 Å². The van der Waals surface area contributed by atoms with Gasteiger partial charge >= 0.3 is 0 Å². The largest absolute Gasteiger partial charge is 0.373 e. The molecule has 0 aliphatic carbocycles. The van der Waals surface area contributed by atoms with E-state index in [1.807, 2.05) is 13.8 Å². The third-order valence-corrected chi connectivity index (χ3v) is 4.04. The second-order valence-corrected chi connectivity index (χ2v) is 6.93. The second-order valence-electron chi connectivity index (χ2n) is 6.93. The summed E-state index contributed by atoms with van der Waals surface area (Å²) in [6.45, 7) is 9.75. The van der Waals surface area contributed by atoms with Crippen LogP contribution < -0.4 is 16.0 Å². The molecule has 148 valence electrons. The molecule has 2 rings (SSSR count). The number of ether oxygens (including phenoxy) is 1. The number of carbonyl (C=O) groups is 3. The monoisotopic (exact) mass is 376 g/mol. The van der Waals surface area contributed by atoms with Crippen molar-refractivity contribution in [3.8, 4) is 0 Å². The summed E-state index contributed by atoms with van der Waals surface area (Å²) in [5.41, 5.74) is 1.28. The molecule has 0 spiro atoms. The Kier molecular flexibility index (Phi) is 7.32. The van der Waals surface area contributed by atoms with Crippen LogP contribution in [0.2, 0.25) is 0 Å². The molecule has 8 heteroatoms. The molecule has 2 atom stereocenters. The highest BCUT2D eigenvalue weighted by Crippen LogP contribution is 2.19. The molecule has 1 saturated heterocycles. The van der Waals surface area contributed by atoms with Gasteiger partial charge in [0.1, 0.15) is 0 Å². The molecule has 0 aromatic heterocycles. The van der Waals surface area contributed by atoms with E-state index in [4.69, 9.17) is 4.74 Å². The minimum absolute atomic E-state index is 0.180. The minimum Gasteiger partial charge on any atom is -0.373 e. The maximum Gasteiger partial charge on any atom is 0.251 e. The fraction of sp³-hybridized carbons (Fsp3) is 0.526. The summed E-state index contributed by atoms with van der Waals surface area (Å²) in [6, 6.07) is 4.78. The van der Waals surface area contributed by atoms with Crippen molar-refractivity contribution in [2.45, 2.75) is 39.9 Å². The Labute approximate surface area is 159 Å². The molecule has 8 nitrogen and oxygen atoms in total. The number of hydrogen-bond acceptors (Lipinski definition) is 5. The highest BCUT2D eigenvalue weighted by Gasteiger charge is 2.21. The molecule has 1 fully saturated rings. The molecule has 1 heterocycles. The Bertz CT molecular complexity index is 663. The van der Waals surface area contributed by atoms with Crippen LogP contribution in [0.1, 0.15) is 38.1 Å². The van der Waals surface area contributed by atoms with Crippen LogP contribution in [0.4, 0.5) is 11.4 Å². The summed E-state index contributed by atoms with van der Waals surface area (Å²) >= 11 is 0. The van der Waals surface area contributed by atoms with Gasteiger partial charge in [0.2, 0.25) is 11.8 Å². The molecule has 1 aromatic carbocycles. The molecule has 3 amide bonds. The van der Waals surface area contributed by atoms with Gasteiger partial charge in [0.05, 0.1) is 12.2 Å². The number of anilines is 2. The summed E-state index contributed by atoms with van der Waals surface area (Å²) in [4.78, 5) is 37.4. The van der Waals surface area contributed by atoms with Gasteiger partial charge in [-0.25, -0.2) is 0 Å². The number of morpholine rings is 1. The first kappa shape index (κ1) is 20.9. The minimum atomic E-state index is -0.261. The first-order chi connectivity index (χ1) is 12.7. The molecular weight excluding hydrogens is 348 g/mol. The van der Waals surface area contributed by atoms with Crippen molar-refractivity contribution in [2.75, 3.05) is 36.8 Å². The molecule has 0 saturated carbocycles. The normalized spacial score (nSPS) is 20.0. The van der Waals surface area contributed by atoms with Gasteiger partial charge in [0.15, 0.2) is 0 Å². The molecule has 0 radical (unpaired) electrons. The first-order valence-electron chi connectivity index (χ1n) is 9.09. The zero-order chi connectivity index (χ0) is 20.0. The summed E-state index contributed by atoms with van der Waals surface area (Å²) < 4.78 is 5.70. The Morgan fingerprint density at radius 1 is 1.00 bits per heavy atom. The summed E-state index contributed by atoms with van der Waals surface area (Å²) in [5.74, 6) is -0.767. The summed E-state index contributed by atoms with van der Waals surface area (Å²) in [6.07, 6.45) is 0.359. The van der Waals surface area contributed by atoms with E-state index in [0.717, 1.165) is 19.6 Å². The quantitative estimate of drug-likeness (QED) is 0.698. The first-order valence-corrected chi connectivity index (χ1v) is 9.09. The fourth-order valence-electron chi connectivity index (χ4n) is 3.21. The fourth-order valence-corrected chi connectivity index (χ4v) is 3.21. The van der Waals surface area contributed by atoms with Gasteiger partial charge in [-0.05, 0) is 32.0 Å². The lowest BCUT2D eigenvalue weighted by Gasteiger charge is -2.35. The van der Waals surface area contributed by atoms with Gasteiger partial charge < -0.3 is 20.7 Å². The topological polar surface area (TPSA) is 99.8 Å². The predicted octanol–water partition coefficient (Wildman–Crippen LogP) is 1.44. The van der Waals surface area contributed by atoms with Crippen molar-refractivity contribution >= 4 is 29.1 Å². The lowest BCUT2D eigenvalue weighted by molar-refractivity contribution is -0.115. The Balaban J connectivity index is 1.99. The molecule has 1 aliphatic heterocycles. The van der Waals surface area contributed by atoms with Crippen LogP contribution >= 0.6 is 0 Å². The summed E-state index contributed by atoms with van der Waals surface area (Å²) in [7, 11) is 0. The van der Waals surface area contributed by atoms with Crippen LogP contribution in [0.25, 0.3) is 0 Å². The smallest absolute Gasteiger partial charge is 0.251 e. The van der Waals surface area contributed by atoms with Gasteiger partial charge in [-0.3, -0.25) is 19.3 Å². The molecule has 3 N–H and O–H groups in total. The van der Waals surface area contributed by atoms with E-state index in [0.29, 0.717) is 23.5 Å². The van der Waals surface area contributed by atoms with Crippen LogP contribution in [0, 0.1) is 0 Å². The van der Waals surface area contributed by atoms with Gasteiger partial charge in [0.25, 0.3) is 5.91 Å². The van der Waals surface area contributed by atoms with E-state index < -0.39 is 0 Å². The van der Waals surface area contributed by atoms with Crippen LogP contribution in [0.5, 0.6) is 0 Å². The van der Waals surface area contributed by atoms with Gasteiger partial charge in [0, 0.05) is 57.0 Å². The number of rotatable bonds is 6. The molecule has 0 bridgehead atoms. The maximum absolute atomic E-state index is 12.5. The average molecular weight is 376 g/mol. The Hall–Kier alpha value is -2.45. The Morgan fingerprint density at radius 3 is 2.00 bits per heavy atom. The zero-order valence-corrected chi connectivity index (χ0v) is 16.3. The predicted molar refractivity (Wildman–Crippen MR) is 104 cm³/mol. The SMILES string of the molecule is CC(=O)Nc1cc(NC(C)=O)cc(C(=O)NCCN2CC(C)OC(C)C2)c1. The number of nitrogens with one attached hydrogen (secondary N) is 3. The lowest BCUT2D eigenvalue weighted by atomic mass is 10.1.